The van der Waals surface area contributed by atoms with Crippen molar-refractivity contribution in [2.24, 2.45) is 17.6 Å². The SMILES string of the molecule is CCc1cccc(-c2c(Cl)cccc2C(O)(CCCNC(=O)OC)[C@@H]2CCCN(C(=O)c3ccc(CNC)cc3CC#N)C2)c1.CCc1cccc(-c2c(Cl)cccc2C(O)(CCCNC(=O)OC)[C@@H]2CCCN(C(=O)c3ccc(CNC)cc3CC(N)=O)C2)c1. The highest BCUT2D eigenvalue weighted by atomic mass is 35.5. The zero-order valence-corrected chi connectivity index (χ0v) is 54.8. The number of piperidine rings is 2. The minimum Gasteiger partial charge on any atom is -0.453 e. The van der Waals surface area contributed by atoms with Crippen LogP contribution in [0.25, 0.3) is 22.3 Å². The number of amides is 5. The van der Waals surface area contributed by atoms with E-state index in [2.05, 4.69) is 65.4 Å². The molecule has 2 aliphatic heterocycles. The van der Waals surface area contributed by atoms with Gasteiger partial charge in [0.1, 0.15) is 0 Å². The molecule has 2 aliphatic rings. The van der Waals surface area contributed by atoms with Crippen molar-refractivity contribution in [2.75, 3.05) is 67.6 Å². The fourth-order valence-electron chi connectivity index (χ4n) is 13.0. The number of primary amides is 1. The van der Waals surface area contributed by atoms with Crippen molar-refractivity contribution in [3.8, 4) is 28.3 Å². The summed E-state index contributed by atoms with van der Waals surface area (Å²) in [5, 5.41) is 47.9. The van der Waals surface area contributed by atoms with Crippen LogP contribution in [0.3, 0.4) is 0 Å². The van der Waals surface area contributed by atoms with Crippen LogP contribution >= 0.6 is 23.2 Å². The first kappa shape index (κ1) is 70.6. The highest BCUT2D eigenvalue weighted by molar-refractivity contribution is 6.34. The predicted molar refractivity (Wildman–Crippen MR) is 357 cm³/mol. The summed E-state index contributed by atoms with van der Waals surface area (Å²) < 4.78 is 9.46. The second kappa shape index (κ2) is 34.0. The molecule has 17 nitrogen and oxygen atoms in total. The van der Waals surface area contributed by atoms with E-state index in [1.807, 2.05) is 110 Å². The number of alkyl carbamates (subject to hydrolysis) is 2. The molecular formula is C72H88Cl2N8O9. The van der Waals surface area contributed by atoms with E-state index in [4.69, 9.17) is 38.4 Å². The number of likely N-dealkylation sites (tertiary alicyclic amines) is 2. The molecule has 0 aromatic heterocycles. The Hall–Kier alpha value is -7.82. The summed E-state index contributed by atoms with van der Waals surface area (Å²) in [6.45, 7) is 7.76. The molecule has 0 bridgehead atoms. The minimum atomic E-state index is -1.38. The average molecular weight is 1280 g/mol. The Bertz CT molecular complexity index is 3540. The van der Waals surface area contributed by atoms with Gasteiger partial charge in [0.2, 0.25) is 5.91 Å². The number of nitrogens with zero attached hydrogens (tertiary/aromatic N) is 3. The maximum atomic E-state index is 14.1. The van der Waals surface area contributed by atoms with Crippen molar-refractivity contribution < 1.29 is 43.7 Å². The molecule has 2 unspecified atom stereocenters. The summed E-state index contributed by atoms with van der Waals surface area (Å²) in [5.41, 5.74) is 14.1. The Labute approximate surface area is 546 Å². The Morgan fingerprint density at radius 3 is 1.45 bits per heavy atom. The number of nitrogens with two attached hydrogens (primary N) is 1. The molecule has 5 amide bonds. The Morgan fingerprint density at radius 2 is 1.04 bits per heavy atom. The zero-order chi connectivity index (χ0) is 65.7. The first-order chi connectivity index (χ1) is 43.9. The molecule has 2 fully saturated rings. The summed E-state index contributed by atoms with van der Waals surface area (Å²) in [5.74, 6) is -1.49. The molecule has 19 heteroatoms. The normalized spacial score (nSPS) is 16.0. The van der Waals surface area contributed by atoms with Gasteiger partial charge in [0.25, 0.3) is 11.8 Å². The van der Waals surface area contributed by atoms with Crippen LogP contribution in [0.5, 0.6) is 0 Å². The van der Waals surface area contributed by atoms with Gasteiger partial charge in [-0.05, 0) is 158 Å². The third kappa shape index (κ3) is 18.0. The van der Waals surface area contributed by atoms with E-state index in [1.165, 1.54) is 14.2 Å². The van der Waals surface area contributed by atoms with Crippen LogP contribution in [0.4, 0.5) is 9.59 Å². The van der Waals surface area contributed by atoms with Gasteiger partial charge in [0.15, 0.2) is 0 Å². The van der Waals surface area contributed by atoms with Gasteiger partial charge in [-0.15, -0.1) is 0 Å². The third-order valence-electron chi connectivity index (χ3n) is 17.6. The second-order valence-corrected chi connectivity index (χ2v) is 24.3. The lowest BCUT2D eigenvalue weighted by Gasteiger charge is -2.44. The molecular weight excluding hydrogens is 1190 g/mol. The molecule has 0 saturated carbocycles. The van der Waals surface area contributed by atoms with Gasteiger partial charge >= 0.3 is 12.2 Å². The van der Waals surface area contributed by atoms with Crippen molar-refractivity contribution in [3.63, 3.8) is 0 Å². The monoisotopic (exact) mass is 1280 g/mol. The van der Waals surface area contributed by atoms with Crippen molar-refractivity contribution in [1.82, 2.24) is 31.1 Å². The highest BCUT2D eigenvalue weighted by Gasteiger charge is 2.45. The number of carbonyl (C=O) groups excluding carboxylic acids is 5. The van der Waals surface area contributed by atoms with E-state index >= 15 is 0 Å². The van der Waals surface area contributed by atoms with E-state index < -0.39 is 29.3 Å². The molecule has 91 heavy (non-hydrogen) atoms. The number of nitrogens with one attached hydrogen (secondary N) is 4. The molecule has 0 radical (unpaired) electrons. The largest absolute Gasteiger partial charge is 0.453 e. The number of carbonyl (C=O) groups is 5. The number of aliphatic hydroxyl groups is 2. The lowest BCUT2D eigenvalue weighted by Crippen LogP contribution is -2.48. The Morgan fingerprint density at radius 1 is 0.615 bits per heavy atom. The first-order valence-electron chi connectivity index (χ1n) is 31.5. The number of methoxy groups -OCH3 is 2. The predicted octanol–water partition coefficient (Wildman–Crippen LogP) is 11.4. The van der Waals surface area contributed by atoms with Crippen LogP contribution in [0, 0.1) is 23.2 Å². The van der Waals surface area contributed by atoms with Crippen molar-refractivity contribution in [2.45, 2.75) is 115 Å². The van der Waals surface area contributed by atoms with E-state index in [0.29, 0.717) is 147 Å². The minimum absolute atomic E-state index is 0.0459. The highest BCUT2D eigenvalue weighted by Crippen LogP contribution is 2.48. The van der Waals surface area contributed by atoms with Crippen LogP contribution in [-0.2, 0) is 64.2 Å². The zero-order valence-electron chi connectivity index (χ0n) is 53.3. The molecule has 6 aromatic carbocycles. The van der Waals surface area contributed by atoms with Crippen molar-refractivity contribution >= 4 is 53.1 Å². The molecule has 0 aliphatic carbocycles. The van der Waals surface area contributed by atoms with Crippen molar-refractivity contribution in [3.05, 3.63) is 187 Å². The molecule has 8 rings (SSSR count). The summed E-state index contributed by atoms with van der Waals surface area (Å²) in [7, 11) is 6.32. The third-order valence-corrected chi connectivity index (χ3v) is 18.2. The molecule has 4 atom stereocenters. The van der Waals surface area contributed by atoms with E-state index in [-0.39, 0.29) is 36.5 Å². The van der Waals surface area contributed by atoms with Gasteiger partial charge in [0.05, 0.1) is 44.3 Å². The van der Waals surface area contributed by atoms with Crippen LogP contribution in [0.1, 0.15) is 130 Å². The van der Waals surface area contributed by atoms with E-state index in [0.717, 1.165) is 57.3 Å². The van der Waals surface area contributed by atoms with Crippen LogP contribution in [-0.4, -0.2) is 118 Å². The van der Waals surface area contributed by atoms with Crippen LogP contribution in [0.2, 0.25) is 10.0 Å². The summed E-state index contributed by atoms with van der Waals surface area (Å²) >= 11 is 13.8. The number of aryl methyl sites for hydroxylation is 2. The number of nitriles is 1. The number of ether oxygens (including phenoxy) is 2. The fourth-order valence-corrected chi connectivity index (χ4v) is 13.5. The van der Waals surface area contributed by atoms with E-state index in [1.54, 1.807) is 11.0 Å². The first-order valence-corrected chi connectivity index (χ1v) is 32.2. The fraction of sp³-hybridized carbons (Fsp3) is 0.417. The smallest absolute Gasteiger partial charge is 0.406 e. The van der Waals surface area contributed by atoms with E-state index in [9.17, 15) is 39.4 Å². The molecule has 6 aromatic rings. The summed E-state index contributed by atoms with van der Waals surface area (Å²) in [6, 6.07) is 40.9. The Balaban J connectivity index is 0.000000259. The Kier molecular flexibility index (Phi) is 26.4. The molecule has 2 saturated heterocycles. The number of benzene rings is 6. The average Bonchev–Trinajstić information content (AvgIpc) is 0.778. The van der Waals surface area contributed by atoms with Gasteiger partial charge < -0.3 is 56.5 Å². The standard InChI is InChI=1S/C36H45ClN4O5.C36H43ClN4O4/c1-4-24-9-5-10-26(19-24)33-30(12-6-13-31(33)37)36(45,16-8-17-40-35(44)46-3)28-11-7-18-41(23-28)34(43)29-15-14-25(22-39-2)20-27(29)21-32(38)42;1-4-25-9-5-10-28(21-25)33-31(12-6-13-32(33)37)36(44,17-8-19-40-35(43)45-3)29-11-7-20-41(24-29)34(42)30-15-14-26(23-39-2)22-27(30)16-18-38/h5-6,9-10,12-15,19-20,28,39,45H,4,7-8,11,16-18,21-23H2,1-3H3,(H2,38,42)(H,40,44);5-6,9-10,12-15,21-22,29,39,44H,4,7-8,11,16-17,19-20,23-24H2,1-3H3,(H,40,43)/t28-,36?;29-,36?/m11/s1. The number of rotatable bonds is 25. The van der Waals surface area contributed by atoms with Crippen LogP contribution < -0.4 is 27.0 Å². The maximum Gasteiger partial charge on any atom is 0.406 e. The summed E-state index contributed by atoms with van der Waals surface area (Å²) in [4.78, 5) is 67.1. The number of halogens is 2. The maximum absolute atomic E-state index is 14.1. The lowest BCUT2D eigenvalue weighted by molar-refractivity contribution is -0.117. The van der Waals surface area contributed by atoms with Crippen molar-refractivity contribution in [1.29, 1.82) is 5.26 Å². The second-order valence-electron chi connectivity index (χ2n) is 23.5. The molecule has 8 N–H and O–H groups in total. The summed E-state index contributed by atoms with van der Waals surface area (Å²) in [6.07, 6.45) is 5.12. The van der Waals surface area contributed by atoms with Gasteiger partial charge in [-0.25, -0.2) is 9.59 Å². The van der Waals surface area contributed by atoms with Crippen LogP contribution in [0.15, 0.2) is 121 Å². The molecule has 484 valence electrons. The quantitative estimate of drug-likeness (QED) is 0.0265. The van der Waals surface area contributed by atoms with Gasteiger partial charge in [-0.1, -0.05) is 134 Å². The van der Waals surface area contributed by atoms with Gasteiger partial charge in [0, 0.05) is 96.5 Å². The molecule has 0 spiro atoms. The number of hydrogen-bond donors (Lipinski definition) is 7. The lowest BCUT2D eigenvalue weighted by atomic mass is 9.72. The van der Waals surface area contributed by atoms with Gasteiger partial charge in [-0.2, -0.15) is 5.26 Å². The number of hydrogen-bond acceptors (Lipinski definition) is 12. The molecule has 2 heterocycles. The topological polar surface area (TPSA) is 249 Å². The van der Waals surface area contributed by atoms with Gasteiger partial charge in [-0.3, -0.25) is 14.4 Å².